The molecule has 2 aliphatic rings. The van der Waals surface area contributed by atoms with Crippen molar-refractivity contribution in [3.8, 4) is 0 Å². The van der Waals surface area contributed by atoms with E-state index in [0.717, 1.165) is 43.3 Å². The average molecular weight is 434 g/mol. The van der Waals surface area contributed by atoms with E-state index in [1.165, 1.54) is 0 Å². The summed E-state index contributed by atoms with van der Waals surface area (Å²) in [5.74, 6) is 0.132. The van der Waals surface area contributed by atoms with Gasteiger partial charge >= 0.3 is 6.09 Å². The Kier molecular flexibility index (Phi) is 5.53. The minimum atomic E-state index is -0.543. The van der Waals surface area contributed by atoms with Gasteiger partial charge in [0.15, 0.2) is 0 Å². The van der Waals surface area contributed by atoms with Crippen molar-refractivity contribution >= 4 is 46.0 Å². The third-order valence-corrected chi connectivity index (χ3v) is 5.57. The second-order valence-corrected chi connectivity index (χ2v) is 9.48. The van der Waals surface area contributed by atoms with E-state index in [1.54, 1.807) is 12.4 Å². The van der Waals surface area contributed by atoms with E-state index in [9.17, 15) is 9.59 Å². The summed E-state index contributed by atoms with van der Waals surface area (Å²) in [5.41, 5.74) is 1.64. The van der Waals surface area contributed by atoms with E-state index < -0.39 is 11.7 Å². The van der Waals surface area contributed by atoms with Crippen molar-refractivity contribution in [3.63, 3.8) is 0 Å². The van der Waals surface area contributed by atoms with Gasteiger partial charge in [-0.1, -0.05) is 11.6 Å². The first-order chi connectivity index (χ1) is 14.2. The predicted octanol–water partition coefficient (Wildman–Crippen LogP) is 4.06. The largest absolute Gasteiger partial charge is 0.444 e. The number of alkyl carbamates (subject to hydrolysis) is 1. The summed E-state index contributed by atoms with van der Waals surface area (Å²) in [6, 6.07) is -0.0590. The molecule has 2 aromatic heterocycles. The third kappa shape index (κ3) is 4.64. The summed E-state index contributed by atoms with van der Waals surface area (Å²) in [5, 5.41) is 7.30. The highest BCUT2D eigenvalue weighted by molar-refractivity contribution is 6.35. The standard InChI is InChI=1S/C21H28ClN5O3/c1-21(2,3)30-20(29)25-13-5-4-8-27(11-13)17-14(22)9-23-18-16(17)15(10-24-18)26-19(28)12-6-7-12/h9-10,12-13H,4-8,11H2,1-3H3,(H,23,24)(H,25,29)(H,26,28)/t13-/m1/s1. The molecule has 0 unspecified atom stereocenters. The van der Waals surface area contributed by atoms with Gasteiger partial charge in [-0.05, 0) is 46.5 Å². The van der Waals surface area contributed by atoms with Gasteiger partial charge in [-0.3, -0.25) is 4.79 Å². The SMILES string of the molecule is CC(C)(C)OC(=O)N[C@@H]1CCCN(c2c(Cl)cnc3[nH]cc(NC(=O)C4CC4)c23)C1. The van der Waals surface area contributed by atoms with E-state index in [0.29, 0.717) is 22.9 Å². The number of piperidine rings is 1. The summed E-state index contributed by atoms with van der Waals surface area (Å²) < 4.78 is 5.40. The van der Waals surface area contributed by atoms with Gasteiger partial charge < -0.3 is 25.3 Å². The lowest BCUT2D eigenvalue weighted by atomic mass is 10.0. The van der Waals surface area contributed by atoms with Crippen LogP contribution in [0.25, 0.3) is 11.0 Å². The minimum absolute atomic E-state index is 0.0324. The van der Waals surface area contributed by atoms with E-state index in [4.69, 9.17) is 16.3 Å². The Bertz CT molecular complexity index is 963. The zero-order valence-corrected chi connectivity index (χ0v) is 18.3. The Balaban J connectivity index is 1.57. The average Bonchev–Trinajstić information content (AvgIpc) is 3.43. The zero-order chi connectivity index (χ0) is 21.5. The van der Waals surface area contributed by atoms with Crippen molar-refractivity contribution in [3.05, 3.63) is 17.4 Å². The van der Waals surface area contributed by atoms with Crippen LogP contribution in [0.1, 0.15) is 46.5 Å². The number of aromatic amines is 1. The first kappa shape index (κ1) is 20.8. The second kappa shape index (κ2) is 7.98. The fraction of sp³-hybridized carbons (Fsp3) is 0.571. The summed E-state index contributed by atoms with van der Waals surface area (Å²) >= 11 is 6.57. The Morgan fingerprint density at radius 1 is 1.30 bits per heavy atom. The quantitative estimate of drug-likeness (QED) is 0.675. The van der Waals surface area contributed by atoms with Crippen molar-refractivity contribution in [2.75, 3.05) is 23.3 Å². The minimum Gasteiger partial charge on any atom is -0.444 e. The van der Waals surface area contributed by atoms with Crippen molar-refractivity contribution in [2.24, 2.45) is 5.92 Å². The van der Waals surface area contributed by atoms with Gasteiger partial charge in [0.2, 0.25) is 5.91 Å². The Hall–Kier alpha value is -2.48. The molecule has 30 heavy (non-hydrogen) atoms. The molecule has 0 bridgehead atoms. The van der Waals surface area contributed by atoms with E-state index in [1.807, 2.05) is 20.8 Å². The van der Waals surface area contributed by atoms with Crippen LogP contribution in [0, 0.1) is 5.92 Å². The third-order valence-electron chi connectivity index (χ3n) is 5.29. The number of nitrogens with one attached hydrogen (secondary N) is 3. The molecule has 1 atom stereocenters. The fourth-order valence-electron chi connectivity index (χ4n) is 3.82. The number of halogens is 1. The molecule has 1 aliphatic carbocycles. The number of aromatic nitrogens is 2. The molecular weight excluding hydrogens is 406 g/mol. The number of amides is 2. The van der Waals surface area contributed by atoms with Crippen LogP contribution in [0.5, 0.6) is 0 Å². The maximum absolute atomic E-state index is 12.3. The predicted molar refractivity (Wildman–Crippen MR) is 117 cm³/mol. The maximum atomic E-state index is 12.3. The fourth-order valence-corrected chi connectivity index (χ4v) is 4.08. The second-order valence-electron chi connectivity index (χ2n) is 9.08. The highest BCUT2D eigenvalue weighted by Crippen LogP contribution is 2.39. The van der Waals surface area contributed by atoms with E-state index >= 15 is 0 Å². The van der Waals surface area contributed by atoms with Gasteiger partial charge in [0.05, 0.1) is 28.0 Å². The summed E-state index contributed by atoms with van der Waals surface area (Å²) in [6.45, 7) is 6.93. The lowest BCUT2D eigenvalue weighted by molar-refractivity contribution is -0.117. The highest BCUT2D eigenvalue weighted by Gasteiger charge is 2.31. The van der Waals surface area contributed by atoms with E-state index in [-0.39, 0.29) is 17.9 Å². The smallest absolute Gasteiger partial charge is 0.407 e. The van der Waals surface area contributed by atoms with Crippen LogP contribution < -0.4 is 15.5 Å². The molecule has 2 aromatic rings. The number of H-pyrrole nitrogens is 1. The molecule has 3 heterocycles. The molecule has 162 valence electrons. The van der Waals surface area contributed by atoms with Crippen molar-refractivity contribution in [1.82, 2.24) is 15.3 Å². The molecule has 0 aromatic carbocycles. The number of fused-ring (bicyclic) bond motifs is 1. The number of pyridine rings is 1. The van der Waals surface area contributed by atoms with Gasteiger partial charge in [-0.15, -0.1) is 0 Å². The van der Waals surface area contributed by atoms with Gasteiger partial charge in [0, 0.05) is 31.2 Å². The number of hydrogen-bond donors (Lipinski definition) is 3. The Labute approximate surface area is 180 Å². The number of carbonyl (C=O) groups is 2. The molecule has 0 radical (unpaired) electrons. The van der Waals surface area contributed by atoms with E-state index in [2.05, 4.69) is 25.5 Å². The molecule has 0 spiro atoms. The topological polar surface area (TPSA) is 99.3 Å². The molecule has 8 nitrogen and oxygen atoms in total. The van der Waals surface area contributed by atoms with Gasteiger partial charge in [-0.2, -0.15) is 0 Å². The number of ether oxygens (including phenoxy) is 1. The van der Waals surface area contributed by atoms with Crippen LogP contribution in [0.3, 0.4) is 0 Å². The molecule has 2 fully saturated rings. The highest BCUT2D eigenvalue weighted by atomic mass is 35.5. The number of anilines is 2. The van der Waals surface area contributed by atoms with Gasteiger partial charge in [-0.25, -0.2) is 9.78 Å². The Morgan fingerprint density at radius 3 is 2.77 bits per heavy atom. The number of nitrogens with zero attached hydrogens (tertiary/aromatic N) is 2. The van der Waals surface area contributed by atoms with Crippen molar-refractivity contribution in [1.29, 1.82) is 0 Å². The van der Waals surface area contributed by atoms with Crippen molar-refractivity contribution < 1.29 is 14.3 Å². The summed E-state index contributed by atoms with van der Waals surface area (Å²) in [7, 11) is 0. The number of rotatable bonds is 4. The Morgan fingerprint density at radius 2 is 2.07 bits per heavy atom. The maximum Gasteiger partial charge on any atom is 0.407 e. The van der Waals surface area contributed by atoms with Crippen LogP contribution in [0.15, 0.2) is 12.4 Å². The van der Waals surface area contributed by atoms with Crippen LogP contribution in [-0.4, -0.2) is 46.7 Å². The first-order valence-electron chi connectivity index (χ1n) is 10.4. The van der Waals surface area contributed by atoms with Crippen LogP contribution >= 0.6 is 11.6 Å². The molecule has 4 rings (SSSR count). The molecular formula is C21H28ClN5O3. The van der Waals surface area contributed by atoms with Gasteiger partial charge in [0.1, 0.15) is 11.2 Å². The number of carbonyl (C=O) groups excluding carboxylic acids is 2. The first-order valence-corrected chi connectivity index (χ1v) is 10.8. The molecule has 1 aliphatic heterocycles. The summed E-state index contributed by atoms with van der Waals surface area (Å²) in [6.07, 6.45) is 6.59. The lowest BCUT2D eigenvalue weighted by Gasteiger charge is -2.36. The molecule has 1 saturated carbocycles. The molecule has 3 N–H and O–H groups in total. The van der Waals surface area contributed by atoms with Crippen molar-refractivity contribution in [2.45, 2.75) is 58.1 Å². The normalized spacial score (nSPS) is 19.6. The molecule has 1 saturated heterocycles. The zero-order valence-electron chi connectivity index (χ0n) is 17.5. The monoisotopic (exact) mass is 433 g/mol. The van der Waals surface area contributed by atoms with Crippen LogP contribution in [0.4, 0.5) is 16.2 Å². The number of hydrogen-bond acceptors (Lipinski definition) is 5. The molecule has 2 amide bonds. The van der Waals surface area contributed by atoms with Crippen LogP contribution in [-0.2, 0) is 9.53 Å². The van der Waals surface area contributed by atoms with Gasteiger partial charge in [0.25, 0.3) is 0 Å². The molecule has 9 heteroatoms. The van der Waals surface area contributed by atoms with Crippen LogP contribution in [0.2, 0.25) is 5.02 Å². The lowest BCUT2D eigenvalue weighted by Crippen LogP contribution is -2.49. The summed E-state index contributed by atoms with van der Waals surface area (Å²) in [4.78, 5) is 34.2.